The molecule has 4 nitrogen and oxygen atoms in total. The third-order valence-electron chi connectivity index (χ3n) is 3.02. The number of aldehydes is 1. The Morgan fingerprint density at radius 3 is 2.55 bits per heavy atom. The van der Waals surface area contributed by atoms with Crippen molar-refractivity contribution in [3.63, 3.8) is 0 Å². The molecule has 0 saturated heterocycles. The molecule has 0 aliphatic heterocycles. The van der Waals surface area contributed by atoms with Crippen molar-refractivity contribution < 1.29 is 14.3 Å². The molecule has 112 valence electrons. The monoisotopic (exact) mass is 295 g/mol. The highest BCUT2D eigenvalue weighted by molar-refractivity contribution is 5.85. The van der Waals surface area contributed by atoms with Gasteiger partial charge in [0.1, 0.15) is 12.9 Å². The molecule has 0 bridgehead atoms. The van der Waals surface area contributed by atoms with E-state index in [-0.39, 0.29) is 6.61 Å². The molecule has 2 rings (SSSR count). The number of benzene rings is 2. The van der Waals surface area contributed by atoms with Crippen LogP contribution in [0.15, 0.2) is 66.7 Å². The molecule has 0 fully saturated rings. The molecular formula is C18H17NO3. The van der Waals surface area contributed by atoms with Gasteiger partial charge in [0.25, 0.3) is 0 Å². The van der Waals surface area contributed by atoms with Crippen LogP contribution < -0.4 is 5.32 Å². The Bertz CT molecular complexity index is 650. The number of hydrogen-bond donors (Lipinski definition) is 1. The van der Waals surface area contributed by atoms with Crippen molar-refractivity contribution in [2.45, 2.75) is 13.0 Å². The lowest BCUT2D eigenvalue weighted by Gasteiger charge is -2.10. The van der Waals surface area contributed by atoms with Gasteiger partial charge in [-0.2, -0.15) is 0 Å². The van der Waals surface area contributed by atoms with E-state index in [0.717, 1.165) is 17.4 Å². The molecule has 22 heavy (non-hydrogen) atoms. The molecule has 0 unspecified atom stereocenters. The zero-order chi connectivity index (χ0) is 15.6. The minimum Gasteiger partial charge on any atom is -0.444 e. The van der Waals surface area contributed by atoms with E-state index >= 15 is 0 Å². The van der Waals surface area contributed by atoms with Crippen LogP contribution in [0.5, 0.6) is 0 Å². The number of rotatable bonds is 6. The highest BCUT2D eigenvalue weighted by Crippen LogP contribution is 2.16. The van der Waals surface area contributed by atoms with E-state index in [1.807, 2.05) is 48.5 Å². The topological polar surface area (TPSA) is 55.4 Å². The van der Waals surface area contributed by atoms with Crippen molar-refractivity contribution >= 4 is 18.1 Å². The number of allylic oxidation sites excluding steroid dienone is 2. The number of anilines is 1. The van der Waals surface area contributed by atoms with Gasteiger partial charge in [0.05, 0.1) is 0 Å². The van der Waals surface area contributed by atoms with Crippen molar-refractivity contribution in [2.24, 2.45) is 0 Å². The summed E-state index contributed by atoms with van der Waals surface area (Å²) in [5.41, 5.74) is 2.52. The Morgan fingerprint density at radius 2 is 1.77 bits per heavy atom. The van der Waals surface area contributed by atoms with Gasteiger partial charge >= 0.3 is 6.09 Å². The standard InChI is InChI=1S/C18H17NO3/c20-13-7-6-11-16-10-4-5-12-17(16)19-18(21)22-14-15-8-2-1-3-9-15/h1-10,12-13H,11,14H2,(H,19,21)/b7-6+. The molecule has 2 aromatic carbocycles. The van der Waals surface area contributed by atoms with E-state index in [4.69, 9.17) is 4.74 Å². The van der Waals surface area contributed by atoms with Crippen LogP contribution in [0, 0.1) is 0 Å². The molecule has 0 aliphatic carbocycles. The maximum Gasteiger partial charge on any atom is 0.411 e. The van der Waals surface area contributed by atoms with Gasteiger partial charge in [-0.1, -0.05) is 54.6 Å². The number of hydrogen-bond acceptors (Lipinski definition) is 3. The van der Waals surface area contributed by atoms with E-state index in [0.29, 0.717) is 12.1 Å². The van der Waals surface area contributed by atoms with E-state index < -0.39 is 6.09 Å². The Morgan fingerprint density at radius 1 is 1.05 bits per heavy atom. The number of ether oxygens (including phenoxy) is 1. The van der Waals surface area contributed by atoms with Gasteiger partial charge in [-0.15, -0.1) is 0 Å². The average Bonchev–Trinajstić information content (AvgIpc) is 2.56. The first-order valence-electron chi connectivity index (χ1n) is 6.95. The molecular weight excluding hydrogens is 278 g/mol. The predicted molar refractivity (Wildman–Crippen MR) is 85.6 cm³/mol. The number of carbonyl (C=O) groups excluding carboxylic acids is 2. The molecule has 0 heterocycles. The second-order valence-corrected chi connectivity index (χ2v) is 4.61. The molecule has 0 spiro atoms. The molecule has 2 aromatic rings. The highest BCUT2D eigenvalue weighted by atomic mass is 16.5. The van der Waals surface area contributed by atoms with E-state index in [9.17, 15) is 9.59 Å². The quantitative estimate of drug-likeness (QED) is 0.652. The fourth-order valence-corrected chi connectivity index (χ4v) is 1.94. The minimum absolute atomic E-state index is 0.222. The third kappa shape index (κ3) is 4.90. The predicted octanol–water partition coefficient (Wildman–Crippen LogP) is 3.73. The van der Waals surface area contributed by atoms with E-state index in [1.165, 1.54) is 6.08 Å². The summed E-state index contributed by atoms with van der Waals surface area (Å²) in [7, 11) is 0. The van der Waals surface area contributed by atoms with Crippen LogP contribution in [0.1, 0.15) is 11.1 Å². The van der Waals surface area contributed by atoms with Gasteiger partial charge in [-0.05, 0) is 29.7 Å². The lowest BCUT2D eigenvalue weighted by Crippen LogP contribution is -2.14. The van der Waals surface area contributed by atoms with Gasteiger partial charge in [0.15, 0.2) is 0 Å². The second-order valence-electron chi connectivity index (χ2n) is 4.61. The summed E-state index contributed by atoms with van der Waals surface area (Å²) < 4.78 is 5.19. The van der Waals surface area contributed by atoms with E-state index in [2.05, 4.69) is 5.32 Å². The van der Waals surface area contributed by atoms with Gasteiger partial charge in [-0.25, -0.2) is 4.79 Å². The van der Waals surface area contributed by atoms with Crippen molar-refractivity contribution in [1.82, 2.24) is 0 Å². The van der Waals surface area contributed by atoms with Crippen LogP contribution in [-0.4, -0.2) is 12.4 Å². The maximum atomic E-state index is 11.9. The number of nitrogens with one attached hydrogen (secondary N) is 1. The third-order valence-corrected chi connectivity index (χ3v) is 3.02. The van der Waals surface area contributed by atoms with Crippen LogP contribution in [0.25, 0.3) is 0 Å². The smallest absolute Gasteiger partial charge is 0.411 e. The summed E-state index contributed by atoms with van der Waals surface area (Å²) in [6, 6.07) is 16.9. The SMILES string of the molecule is O=C/C=C/Cc1ccccc1NC(=O)OCc1ccccc1. The summed E-state index contributed by atoms with van der Waals surface area (Å²) in [5, 5.41) is 2.72. The van der Waals surface area contributed by atoms with Crippen LogP contribution in [0.4, 0.5) is 10.5 Å². The molecule has 0 aliphatic rings. The fraction of sp³-hybridized carbons (Fsp3) is 0.111. The molecule has 0 aromatic heterocycles. The largest absolute Gasteiger partial charge is 0.444 e. The zero-order valence-corrected chi connectivity index (χ0v) is 12.1. The molecule has 0 saturated carbocycles. The Labute approximate surface area is 129 Å². The van der Waals surface area contributed by atoms with Crippen molar-refractivity contribution in [2.75, 3.05) is 5.32 Å². The van der Waals surface area contributed by atoms with Gasteiger partial charge in [0.2, 0.25) is 0 Å². The minimum atomic E-state index is -0.504. The van der Waals surface area contributed by atoms with Crippen molar-refractivity contribution in [1.29, 1.82) is 0 Å². The van der Waals surface area contributed by atoms with Gasteiger partial charge < -0.3 is 4.74 Å². The fourth-order valence-electron chi connectivity index (χ4n) is 1.94. The number of para-hydroxylation sites is 1. The average molecular weight is 295 g/mol. The lowest BCUT2D eigenvalue weighted by atomic mass is 10.1. The van der Waals surface area contributed by atoms with Crippen molar-refractivity contribution in [3.05, 3.63) is 77.9 Å². The van der Waals surface area contributed by atoms with Crippen molar-refractivity contribution in [3.8, 4) is 0 Å². The zero-order valence-electron chi connectivity index (χ0n) is 12.1. The van der Waals surface area contributed by atoms with Gasteiger partial charge in [0, 0.05) is 5.69 Å². The summed E-state index contributed by atoms with van der Waals surface area (Å²) in [6.45, 7) is 0.222. The Balaban J connectivity index is 1.93. The van der Waals surface area contributed by atoms with Crippen LogP contribution in [0.2, 0.25) is 0 Å². The van der Waals surface area contributed by atoms with E-state index in [1.54, 1.807) is 12.1 Å². The first kappa shape index (κ1) is 15.5. The molecule has 0 atom stereocenters. The first-order valence-corrected chi connectivity index (χ1v) is 6.95. The normalized spacial score (nSPS) is 10.4. The number of amides is 1. The van der Waals surface area contributed by atoms with Crippen LogP contribution in [-0.2, 0) is 22.6 Å². The Kier molecular flexibility index (Phi) is 5.93. The summed E-state index contributed by atoms with van der Waals surface area (Å²) in [5.74, 6) is 0. The summed E-state index contributed by atoms with van der Waals surface area (Å²) in [6.07, 6.45) is 3.96. The molecule has 1 amide bonds. The molecule has 0 radical (unpaired) electrons. The molecule has 4 heteroatoms. The second kappa shape index (κ2) is 8.42. The summed E-state index contributed by atoms with van der Waals surface area (Å²) >= 11 is 0. The molecule has 1 N–H and O–H groups in total. The highest BCUT2D eigenvalue weighted by Gasteiger charge is 2.06. The van der Waals surface area contributed by atoms with Crippen LogP contribution in [0.3, 0.4) is 0 Å². The lowest BCUT2D eigenvalue weighted by molar-refractivity contribution is -0.104. The van der Waals surface area contributed by atoms with Crippen LogP contribution >= 0.6 is 0 Å². The van der Waals surface area contributed by atoms with Gasteiger partial charge in [-0.3, -0.25) is 10.1 Å². The first-order chi connectivity index (χ1) is 10.8. The maximum absolute atomic E-state index is 11.9. The summed E-state index contributed by atoms with van der Waals surface area (Å²) in [4.78, 5) is 22.2. The number of carbonyl (C=O) groups is 2. The Hall–Kier alpha value is -2.88.